The standard InChI is InChI=1S/C14H20N2O/c1-11(2)13(8-15)10-16-9-12-5-4-6-14(7-12)17-3/h4-7,11,13,16H,9-10H2,1-3H3. The van der Waals surface area contributed by atoms with Crippen LogP contribution in [-0.2, 0) is 6.54 Å². The average Bonchev–Trinajstić information content (AvgIpc) is 2.34. The molecule has 0 aliphatic carbocycles. The van der Waals surface area contributed by atoms with Crippen LogP contribution < -0.4 is 10.1 Å². The summed E-state index contributed by atoms with van der Waals surface area (Å²) in [6.45, 7) is 5.63. The summed E-state index contributed by atoms with van der Waals surface area (Å²) < 4.78 is 5.16. The molecule has 0 spiro atoms. The van der Waals surface area contributed by atoms with Gasteiger partial charge in [-0.1, -0.05) is 26.0 Å². The van der Waals surface area contributed by atoms with Crippen LogP contribution in [0.15, 0.2) is 24.3 Å². The molecule has 17 heavy (non-hydrogen) atoms. The van der Waals surface area contributed by atoms with Crippen LogP contribution in [0.2, 0.25) is 0 Å². The second-order valence-corrected chi connectivity index (χ2v) is 4.46. The first-order valence-corrected chi connectivity index (χ1v) is 5.90. The minimum Gasteiger partial charge on any atom is -0.497 e. The zero-order valence-corrected chi connectivity index (χ0v) is 10.7. The minimum absolute atomic E-state index is 0.0700. The Labute approximate surface area is 103 Å². The second kappa shape index (κ2) is 6.93. The van der Waals surface area contributed by atoms with Gasteiger partial charge in [-0.15, -0.1) is 0 Å². The number of benzene rings is 1. The Morgan fingerprint density at radius 3 is 2.76 bits per heavy atom. The topological polar surface area (TPSA) is 45.0 Å². The van der Waals surface area contributed by atoms with Crippen molar-refractivity contribution in [3.63, 3.8) is 0 Å². The maximum Gasteiger partial charge on any atom is 0.119 e. The summed E-state index contributed by atoms with van der Waals surface area (Å²) in [5.74, 6) is 1.32. The molecule has 1 rings (SSSR count). The van der Waals surface area contributed by atoms with Gasteiger partial charge in [-0.2, -0.15) is 5.26 Å². The number of hydrogen-bond acceptors (Lipinski definition) is 3. The fourth-order valence-corrected chi connectivity index (χ4v) is 1.58. The summed E-state index contributed by atoms with van der Waals surface area (Å²) in [4.78, 5) is 0. The van der Waals surface area contributed by atoms with Crippen molar-refractivity contribution in [3.05, 3.63) is 29.8 Å². The van der Waals surface area contributed by atoms with Gasteiger partial charge in [0.05, 0.1) is 19.1 Å². The maximum absolute atomic E-state index is 8.97. The molecule has 0 aliphatic heterocycles. The van der Waals surface area contributed by atoms with Gasteiger partial charge < -0.3 is 10.1 Å². The minimum atomic E-state index is 0.0700. The van der Waals surface area contributed by atoms with Gasteiger partial charge in [0.15, 0.2) is 0 Å². The molecular weight excluding hydrogens is 212 g/mol. The number of nitriles is 1. The third-order valence-corrected chi connectivity index (χ3v) is 2.80. The first-order valence-electron chi connectivity index (χ1n) is 5.90. The number of hydrogen-bond donors (Lipinski definition) is 1. The first kappa shape index (κ1) is 13.5. The zero-order valence-electron chi connectivity index (χ0n) is 10.7. The predicted molar refractivity (Wildman–Crippen MR) is 68.6 cm³/mol. The average molecular weight is 232 g/mol. The number of nitrogens with zero attached hydrogens (tertiary/aromatic N) is 1. The van der Waals surface area contributed by atoms with Crippen molar-refractivity contribution in [1.29, 1.82) is 5.26 Å². The summed E-state index contributed by atoms with van der Waals surface area (Å²) in [6, 6.07) is 10.3. The van der Waals surface area contributed by atoms with Gasteiger partial charge in [0.2, 0.25) is 0 Å². The van der Waals surface area contributed by atoms with Crippen LogP contribution in [0.4, 0.5) is 0 Å². The molecule has 0 heterocycles. The highest BCUT2D eigenvalue weighted by Crippen LogP contribution is 2.13. The molecular formula is C14H20N2O. The summed E-state index contributed by atoms with van der Waals surface area (Å²) in [5, 5.41) is 12.3. The zero-order chi connectivity index (χ0) is 12.7. The van der Waals surface area contributed by atoms with Crippen molar-refractivity contribution in [3.8, 4) is 11.8 Å². The molecule has 1 atom stereocenters. The lowest BCUT2D eigenvalue weighted by Gasteiger charge is -2.13. The van der Waals surface area contributed by atoms with Crippen LogP contribution >= 0.6 is 0 Å². The largest absolute Gasteiger partial charge is 0.497 e. The maximum atomic E-state index is 8.97. The Balaban J connectivity index is 2.43. The van der Waals surface area contributed by atoms with E-state index in [0.29, 0.717) is 5.92 Å². The van der Waals surface area contributed by atoms with E-state index in [1.54, 1.807) is 7.11 Å². The van der Waals surface area contributed by atoms with Gasteiger partial charge >= 0.3 is 0 Å². The predicted octanol–water partition coefficient (Wildman–Crippen LogP) is 2.58. The van der Waals surface area contributed by atoms with E-state index in [-0.39, 0.29) is 5.92 Å². The third kappa shape index (κ3) is 4.46. The molecule has 1 aromatic rings. The number of nitrogens with one attached hydrogen (secondary N) is 1. The lowest BCUT2D eigenvalue weighted by atomic mass is 9.97. The van der Waals surface area contributed by atoms with Crippen molar-refractivity contribution < 1.29 is 4.74 Å². The van der Waals surface area contributed by atoms with Gasteiger partial charge in [0.1, 0.15) is 5.75 Å². The quantitative estimate of drug-likeness (QED) is 0.820. The Morgan fingerprint density at radius 2 is 2.18 bits per heavy atom. The number of ether oxygens (including phenoxy) is 1. The van der Waals surface area contributed by atoms with E-state index in [1.165, 1.54) is 5.56 Å². The van der Waals surface area contributed by atoms with Crippen molar-refractivity contribution in [2.45, 2.75) is 20.4 Å². The fourth-order valence-electron chi connectivity index (χ4n) is 1.58. The van der Waals surface area contributed by atoms with E-state index in [0.717, 1.165) is 18.8 Å². The lowest BCUT2D eigenvalue weighted by Crippen LogP contribution is -2.24. The van der Waals surface area contributed by atoms with E-state index in [2.05, 4.69) is 25.2 Å². The number of methoxy groups -OCH3 is 1. The molecule has 0 saturated heterocycles. The summed E-state index contributed by atoms with van der Waals surface area (Å²) in [7, 11) is 1.66. The fraction of sp³-hybridized carbons (Fsp3) is 0.500. The monoisotopic (exact) mass is 232 g/mol. The Morgan fingerprint density at radius 1 is 1.41 bits per heavy atom. The van der Waals surface area contributed by atoms with Crippen molar-refractivity contribution in [2.24, 2.45) is 11.8 Å². The number of rotatable bonds is 6. The molecule has 0 amide bonds. The highest BCUT2D eigenvalue weighted by Gasteiger charge is 2.11. The molecule has 0 radical (unpaired) electrons. The van der Waals surface area contributed by atoms with E-state index < -0.39 is 0 Å². The molecule has 1 aromatic carbocycles. The van der Waals surface area contributed by atoms with Gasteiger partial charge in [0.25, 0.3) is 0 Å². The van der Waals surface area contributed by atoms with E-state index in [4.69, 9.17) is 10.00 Å². The van der Waals surface area contributed by atoms with Crippen LogP contribution in [-0.4, -0.2) is 13.7 Å². The molecule has 1 N–H and O–H groups in total. The lowest BCUT2D eigenvalue weighted by molar-refractivity contribution is 0.413. The highest BCUT2D eigenvalue weighted by molar-refractivity contribution is 5.28. The van der Waals surface area contributed by atoms with Gasteiger partial charge in [0, 0.05) is 13.1 Å². The van der Waals surface area contributed by atoms with Crippen molar-refractivity contribution in [1.82, 2.24) is 5.32 Å². The smallest absolute Gasteiger partial charge is 0.119 e. The van der Waals surface area contributed by atoms with E-state index >= 15 is 0 Å². The molecule has 3 heteroatoms. The van der Waals surface area contributed by atoms with Crippen LogP contribution in [0, 0.1) is 23.2 Å². The summed E-state index contributed by atoms with van der Waals surface area (Å²) in [5.41, 5.74) is 1.17. The molecule has 0 aromatic heterocycles. The molecule has 1 unspecified atom stereocenters. The van der Waals surface area contributed by atoms with Crippen LogP contribution in [0.3, 0.4) is 0 Å². The molecule has 0 fully saturated rings. The van der Waals surface area contributed by atoms with Crippen LogP contribution in [0.1, 0.15) is 19.4 Å². The molecule has 3 nitrogen and oxygen atoms in total. The Bertz CT molecular complexity index is 382. The van der Waals surface area contributed by atoms with Gasteiger partial charge in [-0.25, -0.2) is 0 Å². The Kier molecular flexibility index (Phi) is 5.51. The molecule has 92 valence electrons. The normalized spacial score (nSPS) is 12.2. The Hall–Kier alpha value is -1.53. The third-order valence-electron chi connectivity index (χ3n) is 2.80. The van der Waals surface area contributed by atoms with Gasteiger partial charge in [-0.05, 0) is 23.6 Å². The first-order chi connectivity index (χ1) is 8.17. The second-order valence-electron chi connectivity index (χ2n) is 4.46. The molecule has 0 saturated carbocycles. The van der Waals surface area contributed by atoms with Crippen molar-refractivity contribution >= 4 is 0 Å². The summed E-state index contributed by atoms with van der Waals surface area (Å²) >= 11 is 0. The molecule has 0 aliphatic rings. The molecule has 0 bridgehead atoms. The summed E-state index contributed by atoms with van der Waals surface area (Å²) in [6.07, 6.45) is 0. The highest BCUT2D eigenvalue weighted by atomic mass is 16.5. The van der Waals surface area contributed by atoms with Crippen LogP contribution in [0.5, 0.6) is 5.75 Å². The van der Waals surface area contributed by atoms with E-state index in [1.807, 2.05) is 24.3 Å². The van der Waals surface area contributed by atoms with Crippen LogP contribution in [0.25, 0.3) is 0 Å². The van der Waals surface area contributed by atoms with E-state index in [9.17, 15) is 0 Å². The van der Waals surface area contributed by atoms with Gasteiger partial charge in [-0.3, -0.25) is 0 Å². The SMILES string of the molecule is COc1cccc(CNCC(C#N)C(C)C)c1. The van der Waals surface area contributed by atoms with Crippen molar-refractivity contribution in [2.75, 3.05) is 13.7 Å².